The third-order valence-electron chi connectivity index (χ3n) is 2.31. The predicted molar refractivity (Wildman–Crippen MR) is 63.0 cm³/mol. The molecule has 2 rings (SSSR count). The van der Waals surface area contributed by atoms with E-state index in [1.807, 2.05) is 13.0 Å². The van der Waals surface area contributed by atoms with Gasteiger partial charge in [0.05, 0.1) is 5.69 Å². The summed E-state index contributed by atoms with van der Waals surface area (Å²) in [6.07, 6.45) is 0.687. The van der Waals surface area contributed by atoms with Crippen LogP contribution in [0.4, 0.5) is 0 Å². The molecule has 0 saturated carbocycles. The van der Waals surface area contributed by atoms with Gasteiger partial charge in [-0.3, -0.25) is 0 Å². The van der Waals surface area contributed by atoms with E-state index in [9.17, 15) is 0 Å². The first kappa shape index (κ1) is 11.7. The zero-order valence-electron chi connectivity index (χ0n) is 9.88. The number of nitriles is 1. The Balaban J connectivity index is 2.46. The van der Waals surface area contributed by atoms with Crippen LogP contribution in [0.15, 0.2) is 0 Å². The van der Waals surface area contributed by atoms with Gasteiger partial charge in [0, 0.05) is 5.92 Å². The van der Waals surface area contributed by atoms with Crippen molar-refractivity contribution < 1.29 is 0 Å². The number of aromatic nitrogens is 5. The zero-order valence-corrected chi connectivity index (χ0v) is 10.7. The summed E-state index contributed by atoms with van der Waals surface area (Å²) in [5.74, 6) is 0.338. The lowest BCUT2D eigenvalue weighted by molar-refractivity contribution is 0.745. The maximum absolute atomic E-state index is 8.90. The number of rotatable bonds is 3. The molecular weight excluding hydrogens is 236 g/mol. The van der Waals surface area contributed by atoms with Gasteiger partial charge in [0.25, 0.3) is 0 Å². The van der Waals surface area contributed by atoms with E-state index in [1.165, 1.54) is 11.3 Å². The van der Waals surface area contributed by atoms with Gasteiger partial charge >= 0.3 is 0 Å². The molecule has 0 aromatic carbocycles. The Kier molecular flexibility index (Phi) is 3.15. The Morgan fingerprint density at radius 2 is 2.12 bits per heavy atom. The Labute approximate surface area is 103 Å². The summed E-state index contributed by atoms with van der Waals surface area (Å²) in [6, 6.07) is 2.03. The number of hydrogen-bond donors (Lipinski definition) is 0. The molecule has 2 heterocycles. The van der Waals surface area contributed by atoms with E-state index in [0.29, 0.717) is 23.2 Å². The van der Waals surface area contributed by atoms with Crippen molar-refractivity contribution in [2.24, 2.45) is 0 Å². The van der Waals surface area contributed by atoms with Crippen molar-refractivity contribution in [3.63, 3.8) is 0 Å². The zero-order chi connectivity index (χ0) is 12.4. The second kappa shape index (κ2) is 4.59. The lowest BCUT2D eigenvalue weighted by Gasteiger charge is -1.98. The van der Waals surface area contributed by atoms with Crippen molar-refractivity contribution >= 4 is 11.3 Å². The van der Waals surface area contributed by atoms with Crippen LogP contribution in [-0.2, 0) is 6.42 Å². The van der Waals surface area contributed by atoms with Crippen molar-refractivity contribution in [3.05, 3.63) is 16.4 Å². The number of nitrogens with zero attached hydrogens (tertiary/aromatic N) is 6. The first-order valence-corrected chi connectivity index (χ1v) is 6.17. The smallest absolute Gasteiger partial charge is 0.191 e. The second-order valence-corrected chi connectivity index (χ2v) is 4.83. The van der Waals surface area contributed by atoms with E-state index < -0.39 is 0 Å². The summed E-state index contributed by atoms with van der Waals surface area (Å²) in [5.41, 5.74) is 1.13. The fourth-order valence-corrected chi connectivity index (χ4v) is 2.22. The second-order valence-electron chi connectivity index (χ2n) is 3.84. The first-order chi connectivity index (χ1) is 8.17. The molecular formula is C10H12N6S. The Morgan fingerprint density at radius 1 is 1.35 bits per heavy atom. The molecule has 2 aromatic rings. The molecule has 0 unspecified atom stereocenters. The van der Waals surface area contributed by atoms with E-state index in [0.717, 1.165) is 10.7 Å². The van der Waals surface area contributed by atoms with Crippen LogP contribution in [0.1, 0.15) is 43.1 Å². The fourth-order valence-electron chi connectivity index (χ4n) is 1.40. The highest BCUT2D eigenvalue weighted by Crippen LogP contribution is 2.22. The summed E-state index contributed by atoms with van der Waals surface area (Å²) in [4.78, 5) is 0. The Bertz CT molecular complexity index is 562. The van der Waals surface area contributed by atoms with Crippen LogP contribution >= 0.6 is 11.3 Å². The van der Waals surface area contributed by atoms with E-state index in [2.05, 4.69) is 34.4 Å². The molecule has 0 fully saturated rings. The van der Waals surface area contributed by atoms with Crippen LogP contribution in [0.2, 0.25) is 0 Å². The molecule has 0 radical (unpaired) electrons. The third-order valence-corrected chi connectivity index (χ3v) is 3.51. The topological polar surface area (TPSA) is 80.3 Å². The minimum Gasteiger partial charge on any atom is -0.191 e. The normalized spacial score (nSPS) is 10.8. The van der Waals surface area contributed by atoms with Crippen molar-refractivity contribution in [1.29, 1.82) is 5.26 Å². The SMILES string of the molecule is CCc1c(C#N)nnn1-c1nnc(C(C)C)s1. The van der Waals surface area contributed by atoms with Crippen molar-refractivity contribution in [2.45, 2.75) is 33.1 Å². The molecule has 0 bridgehead atoms. The van der Waals surface area contributed by atoms with E-state index in [-0.39, 0.29) is 0 Å². The van der Waals surface area contributed by atoms with Gasteiger partial charge in [0.1, 0.15) is 11.1 Å². The summed E-state index contributed by atoms with van der Waals surface area (Å²) < 4.78 is 1.60. The van der Waals surface area contributed by atoms with Gasteiger partial charge in [0.2, 0.25) is 5.13 Å². The van der Waals surface area contributed by atoms with Gasteiger partial charge in [-0.2, -0.15) is 9.94 Å². The van der Waals surface area contributed by atoms with Crippen LogP contribution in [0.25, 0.3) is 5.13 Å². The van der Waals surface area contributed by atoms with Crippen LogP contribution in [0.3, 0.4) is 0 Å². The molecule has 0 amide bonds. The van der Waals surface area contributed by atoms with Gasteiger partial charge < -0.3 is 0 Å². The van der Waals surface area contributed by atoms with Crippen LogP contribution in [-0.4, -0.2) is 25.2 Å². The summed E-state index contributed by atoms with van der Waals surface area (Å²) >= 11 is 1.48. The Morgan fingerprint density at radius 3 is 2.65 bits per heavy atom. The fraction of sp³-hybridized carbons (Fsp3) is 0.500. The first-order valence-electron chi connectivity index (χ1n) is 5.35. The summed E-state index contributed by atoms with van der Waals surface area (Å²) in [6.45, 7) is 6.08. The highest BCUT2D eigenvalue weighted by atomic mass is 32.1. The minimum absolute atomic E-state index is 0.338. The van der Waals surface area contributed by atoms with E-state index >= 15 is 0 Å². The van der Waals surface area contributed by atoms with Gasteiger partial charge in [0.15, 0.2) is 5.69 Å². The monoisotopic (exact) mass is 248 g/mol. The average molecular weight is 248 g/mol. The molecule has 88 valence electrons. The standard InChI is InChI=1S/C10H12N6S/c1-4-8-7(5-11)12-15-16(8)10-14-13-9(17-10)6(2)3/h6H,4H2,1-3H3. The largest absolute Gasteiger partial charge is 0.234 e. The predicted octanol–water partition coefficient (Wildman–Crippen LogP) is 1.68. The molecule has 0 saturated heterocycles. The third kappa shape index (κ3) is 2.03. The van der Waals surface area contributed by atoms with Gasteiger partial charge in [-0.25, -0.2) is 0 Å². The van der Waals surface area contributed by atoms with Crippen LogP contribution in [0.5, 0.6) is 0 Å². The lowest BCUT2D eigenvalue weighted by Crippen LogP contribution is -2.01. The molecule has 0 spiro atoms. The highest BCUT2D eigenvalue weighted by Gasteiger charge is 2.16. The van der Waals surface area contributed by atoms with Crippen molar-refractivity contribution in [2.75, 3.05) is 0 Å². The van der Waals surface area contributed by atoms with Crippen LogP contribution in [0, 0.1) is 11.3 Å². The minimum atomic E-state index is 0.338. The summed E-state index contributed by atoms with van der Waals surface area (Å²) in [5, 5.41) is 26.5. The van der Waals surface area contributed by atoms with Gasteiger partial charge in [-0.1, -0.05) is 37.3 Å². The molecule has 6 nitrogen and oxygen atoms in total. The summed E-state index contributed by atoms with van der Waals surface area (Å²) in [7, 11) is 0. The maximum atomic E-state index is 8.90. The van der Waals surface area contributed by atoms with Crippen LogP contribution < -0.4 is 0 Å². The van der Waals surface area contributed by atoms with Gasteiger partial charge in [-0.15, -0.1) is 15.3 Å². The van der Waals surface area contributed by atoms with Gasteiger partial charge in [-0.05, 0) is 6.42 Å². The van der Waals surface area contributed by atoms with E-state index in [4.69, 9.17) is 5.26 Å². The molecule has 17 heavy (non-hydrogen) atoms. The van der Waals surface area contributed by atoms with E-state index in [1.54, 1.807) is 4.68 Å². The maximum Gasteiger partial charge on any atom is 0.234 e. The Hall–Kier alpha value is -1.81. The molecule has 7 heteroatoms. The molecule has 0 N–H and O–H groups in total. The lowest BCUT2D eigenvalue weighted by atomic mass is 10.2. The quantitative estimate of drug-likeness (QED) is 0.825. The van der Waals surface area contributed by atoms with Crippen molar-refractivity contribution in [1.82, 2.24) is 25.2 Å². The molecule has 0 aliphatic carbocycles. The molecule has 2 aromatic heterocycles. The number of hydrogen-bond acceptors (Lipinski definition) is 6. The van der Waals surface area contributed by atoms with Crippen molar-refractivity contribution in [3.8, 4) is 11.2 Å². The molecule has 0 aliphatic rings. The molecule has 0 atom stereocenters. The highest BCUT2D eigenvalue weighted by molar-refractivity contribution is 7.13. The molecule has 0 aliphatic heterocycles. The average Bonchev–Trinajstić information content (AvgIpc) is 2.94.